The Morgan fingerprint density at radius 2 is 1.00 bits per heavy atom. The molecule has 0 spiro atoms. The molecule has 402 valence electrons. The SMILES string of the molecule is CC/C=C\C/C=C\C/C=C\C/C=C\CCCCC(=O)NC(COC1OC(CO)C(OC2OC(CO)C(O)C(O)C2O)C(O)C1O)C(O)CCCCCCCCCCCCCCCCCCCCCC. The van der Waals surface area contributed by atoms with E-state index < -0.39 is 86.8 Å². The third kappa shape index (κ3) is 28.1. The first-order valence-corrected chi connectivity index (χ1v) is 27.4. The number of allylic oxidation sites excluding steroid dienone is 8. The molecule has 0 radical (unpaired) electrons. The zero-order valence-corrected chi connectivity index (χ0v) is 42.8. The Hall–Kier alpha value is -2.05. The van der Waals surface area contributed by atoms with Gasteiger partial charge in [0.15, 0.2) is 12.6 Å². The van der Waals surface area contributed by atoms with Gasteiger partial charge in [-0.05, 0) is 51.4 Å². The Morgan fingerprint density at radius 1 is 0.536 bits per heavy atom. The number of aliphatic hydroxyl groups excluding tert-OH is 8. The summed E-state index contributed by atoms with van der Waals surface area (Å²) in [5.74, 6) is -0.248. The third-order valence-corrected chi connectivity index (χ3v) is 13.3. The van der Waals surface area contributed by atoms with Crippen LogP contribution in [-0.4, -0.2) is 140 Å². The molecule has 2 aliphatic heterocycles. The van der Waals surface area contributed by atoms with Crippen molar-refractivity contribution >= 4 is 5.91 Å². The number of hydrogen-bond donors (Lipinski definition) is 9. The highest BCUT2D eigenvalue weighted by Gasteiger charge is 2.51. The predicted octanol–water partition coefficient (Wildman–Crippen LogP) is 8.05. The van der Waals surface area contributed by atoms with E-state index in [-0.39, 0.29) is 18.9 Å². The van der Waals surface area contributed by atoms with Gasteiger partial charge in [0.05, 0.1) is 32.0 Å². The molecule has 0 aromatic rings. The molecule has 0 aromatic heterocycles. The highest BCUT2D eigenvalue weighted by molar-refractivity contribution is 5.76. The molecule has 2 rings (SSSR count). The van der Waals surface area contributed by atoms with Crippen LogP contribution in [0.15, 0.2) is 48.6 Å². The van der Waals surface area contributed by atoms with Crippen molar-refractivity contribution in [1.82, 2.24) is 5.32 Å². The second-order valence-electron chi connectivity index (χ2n) is 19.3. The van der Waals surface area contributed by atoms with Crippen molar-refractivity contribution in [2.75, 3.05) is 19.8 Å². The Bertz CT molecular complexity index is 1340. The predicted molar refractivity (Wildman–Crippen MR) is 272 cm³/mol. The molecular formula is C55H99NO13. The minimum absolute atomic E-state index is 0.248. The molecule has 2 heterocycles. The van der Waals surface area contributed by atoms with Crippen LogP contribution < -0.4 is 5.32 Å². The highest BCUT2D eigenvalue weighted by Crippen LogP contribution is 2.30. The molecular weight excluding hydrogens is 883 g/mol. The summed E-state index contributed by atoms with van der Waals surface area (Å²) >= 11 is 0. The normalized spacial score (nSPS) is 26.5. The van der Waals surface area contributed by atoms with Crippen molar-refractivity contribution in [2.24, 2.45) is 0 Å². The second kappa shape index (κ2) is 41.4. The summed E-state index contributed by atoms with van der Waals surface area (Å²) in [6.45, 7) is 2.71. The molecule has 12 unspecified atom stereocenters. The van der Waals surface area contributed by atoms with Gasteiger partial charge in [-0.1, -0.05) is 191 Å². The zero-order chi connectivity index (χ0) is 50.3. The maximum atomic E-state index is 13.2. The Labute approximate surface area is 416 Å². The first-order valence-electron chi connectivity index (χ1n) is 27.4. The van der Waals surface area contributed by atoms with E-state index >= 15 is 0 Å². The zero-order valence-electron chi connectivity index (χ0n) is 42.8. The first kappa shape index (κ1) is 63.1. The van der Waals surface area contributed by atoms with Crippen LogP contribution in [0.5, 0.6) is 0 Å². The molecule has 0 bridgehead atoms. The molecule has 1 amide bonds. The van der Waals surface area contributed by atoms with Crippen LogP contribution in [0.1, 0.15) is 200 Å². The van der Waals surface area contributed by atoms with Crippen molar-refractivity contribution in [3.05, 3.63) is 48.6 Å². The van der Waals surface area contributed by atoms with Gasteiger partial charge in [-0.3, -0.25) is 4.79 Å². The van der Waals surface area contributed by atoms with E-state index in [9.17, 15) is 45.6 Å². The van der Waals surface area contributed by atoms with Crippen LogP contribution in [0.25, 0.3) is 0 Å². The number of nitrogens with one attached hydrogen (secondary N) is 1. The van der Waals surface area contributed by atoms with Crippen molar-refractivity contribution in [2.45, 2.75) is 274 Å². The standard InChI is InChI=1S/C55H99NO13/c1-3-5-7-9-11-13-15-17-19-20-21-22-23-25-26-28-30-32-34-36-38-44(59)43(56-47(60)39-37-35-33-31-29-27-24-18-16-14-12-10-8-6-4-2)42-66-54-52(65)50(63)53(46(41-58)68-54)69-55-51(64)49(62)48(61)45(40-57)67-55/h6,8,12,14,18,24,29,31,43-46,48-55,57-59,61-65H,3-5,7,9-11,13,15-17,19-23,25-28,30,32-42H2,1-2H3,(H,56,60)/b8-6-,14-12-,24-18-,31-29-. The monoisotopic (exact) mass is 982 g/mol. The fraction of sp³-hybridized carbons (Fsp3) is 0.836. The first-order chi connectivity index (χ1) is 33.6. The molecule has 0 saturated carbocycles. The van der Waals surface area contributed by atoms with E-state index in [4.69, 9.17) is 18.9 Å². The van der Waals surface area contributed by atoms with Gasteiger partial charge in [-0.2, -0.15) is 0 Å². The summed E-state index contributed by atoms with van der Waals surface area (Å²) in [4.78, 5) is 13.2. The lowest BCUT2D eigenvalue weighted by Gasteiger charge is -2.46. The highest BCUT2D eigenvalue weighted by atomic mass is 16.7. The van der Waals surface area contributed by atoms with E-state index in [0.29, 0.717) is 12.8 Å². The lowest BCUT2D eigenvalue weighted by molar-refractivity contribution is -0.359. The smallest absolute Gasteiger partial charge is 0.220 e. The number of unbranched alkanes of at least 4 members (excludes halogenated alkanes) is 21. The lowest BCUT2D eigenvalue weighted by Crippen LogP contribution is -2.65. The van der Waals surface area contributed by atoms with E-state index in [1.54, 1.807) is 0 Å². The van der Waals surface area contributed by atoms with Gasteiger partial charge in [-0.25, -0.2) is 0 Å². The van der Waals surface area contributed by atoms with Crippen molar-refractivity contribution in [3.8, 4) is 0 Å². The number of carbonyl (C=O) groups is 1. The quantitative estimate of drug-likeness (QED) is 0.0209. The van der Waals surface area contributed by atoms with Crippen molar-refractivity contribution in [1.29, 1.82) is 0 Å². The van der Waals surface area contributed by atoms with E-state index in [0.717, 1.165) is 64.2 Å². The molecule has 14 heteroatoms. The van der Waals surface area contributed by atoms with Gasteiger partial charge >= 0.3 is 0 Å². The largest absolute Gasteiger partial charge is 0.394 e. The van der Waals surface area contributed by atoms with Gasteiger partial charge in [0.1, 0.15) is 48.8 Å². The summed E-state index contributed by atoms with van der Waals surface area (Å²) in [7, 11) is 0. The summed E-state index contributed by atoms with van der Waals surface area (Å²) in [5.41, 5.74) is 0. The van der Waals surface area contributed by atoms with Crippen LogP contribution in [0.4, 0.5) is 0 Å². The fourth-order valence-electron chi connectivity index (χ4n) is 8.87. The summed E-state index contributed by atoms with van der Waals surface area (Å²) in [5, 5.41) is 87.0. The fourth-order valence-corrected chi connectivity index (χ4v) is 8.87. The van der Waals surface area contributed by atoms with Gasteiger partial charge in [0, 0.05) is 6.42 Å². The molecule has 14 nitrogen and oxygen atoms in total. The van der Waals surface area contributed by atoms with Crippen LogP contribution >= 0.6 is 0 Å². The third-order valence-electron chi connectivity index (χ3n) is 13.3. The van der Waals surface area contributed by atoms with E-state index in [1.807, 2.05) is 0 Å². The molecule has 2 saturated heterocycles. The van der Waals surface area contributed by atoms with Crippen LogP contribution in [0.2, 0.25) is 0 Å². The van der Waals surface area contributed by atoms with E-state index in [2.05, 4.69) is 67.8 Å². The topological polar surface area (TPSA) is 228 Å². The molecule has 12 atom stereocenters. The average Bonchev–Trinajstić information content (AvgIpc) is 3.35. The molecule has 2 aliphatic rings. The van der Waals surface area contributed by atoms with Crippen LogP contribution in [0.3, 0.4) is 0 Å². The number of ether oxygens (including phenoxy) is 4. The van der Waals surface area contributed by atoms with Crippen molar-refractivity contribution < 1.29 is 64.6 Å². The van der Waals surface area contributed by atoms with E-state index in [1.165, 1.54) is 103 Å². The number of aliphatic hydroxyl groups is 8. The molecule has 0 aromatic carbocycles. The number of carbonyl (C=O) groups excluding carboxylic acids is 1. The minimum Gasteiger partial charge on any atom is -0.394 e. The molecule has 0 aliphatic carbocycles. The number of rotatable bonds is 42. The summed E-state index contributed by atoms with van der Waals surface area (Å²) in [6.07, 6.45) is 32.6. The number of amides is 1. The Morgan fingerprint density at radius 3 is 1.51 bits per heavy atom. The van der Waals surface area contributed by atoms with Gasteiger partial charge in [-0.15, -0.1) is 0 Å². The maximum Gasteiger partial charge on any atom is 0.220 e. The van der Waals surface area contributed by atoms with Gasteiger partial charge in [0.25, 0.3) is 0 Å². The summed E-state index contributed by atoms with van der Waals surface area (Å²) < 4.78 is 22.8. The van der Waals surface area contributed by atoms with Gasteiger partial charge < -0.3 is 65.1 Å². The average molecular weight is 982 g/mol. The molecule has 2 fully saturated rings. The van der Waals surface area contributed by atoms with Crippen LogP contribution in [-0.2, 0) is 23.7 Å². The molecule has 9 N–H and O–H groups in total. The second-order valence-corrected chi connectivity index (χ2v) is 19.3. The summed E-state index contributed by atoms with van der Waals surface area (Å²) in [6, 6.07) is -0.851. The maximum absolute atomic E-state index is 13.2. The Kier molecular flexibility index (Phi) is 37.9. The molecule has 69 heavy (non-hydrogen) atoms. The Balaban J connectivity index is 1.81. The lowest BCUT2D eigenvalue weighted by atomic mass is 9.97. The van der Waals surface area contributed by atoms with Crippen molar-refractivity contribution in [3.63, 3.8) is 0 Å². The van der Waals surface area contributed by atoms with Crippen LogP contribution in [0, 0.1) is 0 Å². The van der Waals surface area contributed by atoms with Gasteiger partial charge in [0.2, 0.25) is 5.91 Å². The minimum atomic E-state index is -1.79. The number of hydrogen-bond acceptors (Lipinski definition) is 13.